The SMILES string of the molecule is Cc1nc2c(-c3ccc(Cl)cc3F)cc([C@@H]3CCO[C@H](c4cnn(C)c4)C3)nn2c(=O)c1C. The number of hydrogen-bond acceptors (Lipinski definition) is 5. The average molecular weight is 468 g/mol. The van der Waals surface area contributed by atoms with Crippen molar-refractivity contribution in [2.45, 2.75) is 38.7 Å². The van der Waals surface area contributed by atoms with Crippen molar-refractivity contribution in [2.24, 2.45) is 7.05 Å². The van der Waals surface area contributed by atoms with Crippen LogP contribution in [0.25, 0.3) is 16.8 Å². The van der Waals surface area contributed by atoms with Gasteiger partial charge in [-0.05, 0) is 51.0 Å². The van der Waals surface area contributed by atoms with Crippen LogP contribution in [0, 0.1) is 19.7 Å². The minimum atomic E-state index is -0.478. The molecule has 0 amide bonds. The molecule has 0 bridgehead atoms. The minimum absolute atomic E-state index is 0.0241. The molecule has 9 heteroatoms. The third kappa shape index (κ3) is 3.94. The van der Waals surface area contributed by atoms with Crippen LogP contribution in [0.3, 0.4) is 0 Å². The normalized spacial score (nSPS) is 18.7. The molecule has 1 saturated heterocycles. The van der Waals surface area contributed by atoms with Gasteiger partial charge in [0.15, 0.2) is 5.65 Å². The summed E-state index contributed by atoms with van der Waals surface area (Å²) >= 11 is 5.98. The summed E-state index contributed by atoms with van der Waals surface area (Å²) in [7, 11) is 1.87. The maximum atomic E-state index is 15.0. The van der Waals surface area contributed by atoms with E-state index in [1.165, 1.54) is 10.6 Å². The first-order valence-electron chi connectivity index (χ1n) is 10.8. The Morgan fingerprint density at radius 1 is 1.21 bits per heavy atom. The number of benzene rings is 1. The second kappa shape index (κ2) is 8.35. The van der Waals surface area contributed by atoms with Crippen LogP contribution >= 0.6 is 11.6 Å². The van der Waals surface area contributed by atoms with Gasteiger partial charge >= 0.3 is 0 Å². The Morgan fingerprint density at radius 3 is 2.76 bits per heavy atom. The number of rotatable bonds is 3. The van der Waals surface area contributed by atoms with Gasteiger partial charge < -0.3 is 4.74 Å². The number of ether oxygens (including phenoxy) is 1. The number of aryl methyl sites for hydroxylation is 2. The van der Waals surface area contributed by atoms with Crippen molar-refractivity contribution in [1.82, 2.24) is 24.4 Å². The van der Waals surface area contributed by atoms with E-state index in [0.717, 1.165) is 12.0 Å². The summed E-state index contributed by atoms with van der Waals surface area (Å²) < 4.78 is 24.0. The van der Waals surface area contributed by atoms with E-state index >= 15 is 0 Å². The number of hydrogen-bond donors (Lipinski definition) is 0. The largest absolute Gasteiger partial charge is 0.373 e. The highest BCUT2D eigenvalue weighted by molar-refractivity contribution is 6.30. The van der Waals surface area contributed by atoms with E-state index in [1.807, 2.05) is 19.3 Å². The Hall–Kier alpha value is -3.10. The van der Waals surface area contributed by atoms with Gasteiger partial charge in [0, 0.05) is 58.7 Å². The van der Waals surface area contributed by atoms with E-state index in [2.05, 4.69) is 15.2 Å². The second-order valence-corrected chi connectivity index (χ2v) is 8.93. The van der Waals surface area contributed by atoms with Gasteiger partial charge in [0.05, 0.1) is 18.0 Å². The second-order valence-electron chi connectivity index (χ2n) is 8.50. The van der Waals surface area contributed by atoms with Crippen LogP contribution < -0.4 is 5.56 Å². The van der Waals surface area contributed by atoms with Crippen LogP contribution in [0.15, 0.2) is 41.5 Å². The summed E-state index contributed by atoms with van der Waals surface area (Å²) in [5, 5.41) is 9.23. The van der Waals surface area contributed by atoms with E-state index in [1.54, 1.807) is 36.9 Å². The molecule has 7 nitrogen and oxygen atoms in total. The van der Waals surface area contributed by atoms with Crippen molar-refractivity contribution < 1.29 is 9.13 Å². The van der Waals surface area contributed by atoms with Gasteiger partial charge in [0.2, 0.25) is 0 Å². The lowest BCUT2D eigenvalue weighted by Crippen LogP contribution is -2.25. The molecule has 4 heterocycles. The van der Waals surface area contributed by atoms with Gasteiger partial charge in [0.25, 0.3) is 5.56 Å². The highest BCUT2D eigenvalue weighted by Crippen LogP contribution is 2.38. The smallest absolute Gasteiger partial charge is 0.277 e. The van der Waals surface area contributed by atoms with Crippen LogP contribution in [0.5, 0.6) is 0 Å². The highest BCUT2D eigenvalue weighted by atomic mass is 35.5. The zero-order valence-electron chi connectivity index (χ0n) is 18.5. The number of fused-ring (bicyclic) bond motifs is 1. The van der Waals surface area contributed by atoms with Gasteiger partial charge in [-0.2, -0.15) is 14.7 Å². The molecule has 4 aromatic rings. The summed E-state index contributed by atoms with van der Waals surface area (Å²) in [6.45, 7) is 4.04. The first kappa shape index (κ1) is 21.7. The quantitative estimate of drug-likeness (QED) is 0.442. The fraction of sp³-hybridized carbons (Fsp3) is 0.333. The molecule has 1 aliphatic rings. The summed E-state index contributed by atoms with van der Waals surface area (Å²) in [6, 6.07) is 6.35. The highest BCUT2D eigenvalue weighted by Gasteiger charge is 2.28. The molecule has 0 aliphatic carbocycles. The number of aromatic nitrogens is 5. The third-order valence-corrected chi connectivity index (χ3v) is 6.53. The predicted molar refractivity (Wildman–Crippen MR) is 123 cm³/mol. The molecule has 0 radical (unpaired) electrons. The molecule has 0 saturated carbocycles. The van der Waals surface area contributed by atoms with Crippen LogP contribution in [-0.2, 0) is 11.8 Å². The van der Waals surface area contributed by atoms with Crippen LogP contribution in [0.1, 0.15) is 47.4 Å². The van der Waals surface area contributed by atoms with Crippen molar-refractivity contribution in [3.8, 4) is 11.1 Å². The Balaban J connectivity index is 1.67. The van der Waals surface area contributed by atoms with Crippen LogP contribution in [-0.4, -0.2) is 31.0 Å². The Morgan fingerprint density at radius 2 is 2.03 bits per heavy atom. The van der Waals surface area contributed by atoms with Gasteiger partial charge in [-0.15, -0.1) is 0 Å². The zero-order chi connectivity index (χ0) is 23.3. The molecule has 2 atom stereocenters. The zero-order valence-corrected chi connectivity index (χ0v) is 19.3. The summed E-state index contributed by atoms with van der Waals surface area (Å²) in [5.41, 5.74) is 3.71. The molecule has 1 aromatic carbocycles. The topological polar surface area (TPSA) is 74.3 Å². The van der Waals surface area contributed by atoms with Crippen molar-refractivity contribution in [1.29, 1.82) is 0 Å². The van der Waals surface area contributed by atoms with Crippen molar-refractivity contribution in [3.05, 3.63) is 80.4 Å². The molecule has 0 spiro atoms. The molecule has 170 valence electrons. The molecule has 3 aromatic heterocycles. The number of halogens is 2. The third-order valence-electron chi connectivity index (χ3n) is 6.30. The Bertz CT molecular complexity index is 1430. The van der Waals surface area contributed by atoms with Crippen molar-refractivity contribution >= 4 is 17.2 Å². The molecular weight excluding hydrogens is 445 g/mol. The predicted octanol–water partition coefficient (Wildman–Crippen LogP) is 4.53. The summed E-state index contributed by atoms with van der Waals surface area (Å²) in [6.07, 6.45) is 5.04. The van der Waals surface area contributed by atoms with E-state index in [-0.39, 0.29) is 17.6 Å². The lowest BCUT2D eigenvalue weighted by molar-refractivity contribution is 0.00445. The van der Waals surface area contributed by atoms with E-state index in [9.17, 15) is 9.18 Å². The van der Waals surface area contributed by atoms with Crippen LogP contribution in [0.4, 0.5) is 4.39 Å². The van der Waals surface area contributed by atoms with Crippen LogP contribution in [0.2, 0.25) is 5.02 Å². The number of nitrogens with zero attached hydrogens (tertiary/aromatic N) is 5. The molecule has 5 rings (SSSR count). The van der Waals surface area contributed by atoms with Crippen molar-refractivity contribution in [3.63, 3.8) is 0 Å². The molecule has 33 heavy (non-hydrogen) atoms. The summed E-state index contributed by atoms with van der Waals surface area (Å²) in [5.74, 6) is -0.454. The molecule has 1 aliphatic heterocycles. The van der Waals surface area contributed by atoms with Crippen molar-refractivity contribution in [2.75, 3.05) is 6.61 Å². The molecule has 0 N–H and O–H groups in total. The fourth-order valence-electron chi connectivity index (χ4n) is 4.33. The maximum Gasteiger partial charge on any atom is 0.277 e. The minimum Gasteiger partial charge on any atom is -0.373 e. The van der Waals surface area contributed by atoms with Gasteiger partial charge in [-0.25, -0.2) is 9.37 Å². The van der Waals surface area contributed by atoms with Gasteiger partial charge in [0.1, 0.15) is 5.82 Å². The molecule has 1 fully saturated rings. The molecular formula is C24H23ClFN5O2. The average Bonchev–Trinajstić information content (AvgIpc) is 3.24. The van der Waals surface area contributed by atoms with E-state index in [0.29, 0.717) is 51.8 Å². The van der Waals surface area contributed by atoms with Gasteiger partial charge in [-0.3, -0.25) is 9.48 Å². The Kier molecular flexibility index (Phi) is 5.50. The fourth-order valence-corrected chi connectivity index (χ4v) is 4.49. The van der Waals surface area contributed by atoms with E-state index < -0.39 is 5.82 Å². The standard InChI is InChI=1S/C24H23ClFN5O2/c1-13-14(2)28-23-19(18-5-4-17(25)9-20(18)26)10-21(29-31(23)24(13)32)15-6-7-33-22(8-15)16-11-27-30(3)12-16/h4-5,9-12,15,22H,6-8H2,1-3H3/t15-,22+/m1/s1. The first-order valence-corrected chi connectivity index (χ1v) is 11.2. The monoisotopic (exact) mass is 467 g/mol. The maximum absolute atomic E-state index is 15.0. The summed E-state index contributed by atoms with van der Waals surface area (Å²) in [4.78, 5) is 17.7. The molecule has 0 unspecified atom stereocenters. The van der Waals surface area contributed by atoms with E-state index in [4.69, 9.17) is 16.3 Å². The lowest BCUT2D eigenvalue weighted by atomic mass is 9.89. The Labute approximate surface area is 194 Å². The van der Waals surface area contributed by atoms with Gasteiger partial charge in [-0.1, -0.05) is 11.6 Å². The first-order chi connectivity index (χ1) is 15.8. The lowest BCUT2D eigenvalue weighted by Gasteiger charge is -2.29.